The fourth-order valence-electron chi connectivity index (χ4n) is 4.01. The van der Waals surface area contributed by atoms with Gasteiger partial charge in [0.1, 0.15) is 12.4 Å². The minimum absolute atomic E-state index is 0.0897. The van der Waals surface area contributed by atoms with E-state index in [-0.39, 0.29) is 17.9 Å². The Morgan fingerprint density at radius 1 is 1.19 bits per heavy atom. The largest absolute Gasteiger partial charge is 0.492 e. The Bertz CT molecular complexity index is 663. The summed E-state index contributed by atoms with van der Waals surface area (Å²) < 4.78 is 5.61. The monoisotopic (exact) mass is 373 g/mol. The molecule has 1 aliphatic carbocycles. The van der Waals surface area contributed by atoms with Crippen LogP contribution in [0.15, 0.2) is 18.2 Å². The molecule has 1 heterocycles. The van der Waals surface area contributed by atoms with Gasteiger partial charge in [0.25, 0.3) is 5.91 Å². The van der Waals surface area contributed by atoms with Gasteiger partial charge in [-0.3, -0.25) is 9.59 Å². The SMILES string of the molecule is Cc1ccc(C(=O)NC2CCN(C(=O)C3CCCC3)CC2)cc1OCCN. The number of nitrogens with one attached hydrogen (secondary N) is 1. The van der Waals surface area contributed by atoms with Gasteiger partial charge in [0, 0.05) is 37.2 Å². The molecule has 0 bridgehead atoms. The van der Waals surface area contributed by atoms with Crippen LogP contribution in [0.5, 0.6) is 5.75 Å². The Morgan fingerprint density at radius 3 is 2.56 bits per heavy atom. The average molecular weight is 373 g/mol. The lowest BCUT2D eigenvalue weighted by Crippen LogP contribution is -2.47. The van der Waals surface area contributed by atoms with Crippen molar-refractivity contribution in [3.05, 3.63) is 29.3 Å². The van der Waals surface area contributed by atoms with E-state index in [2.05, 4.69) is 5.32 Å². The van der Waals surface area contributed by atoms with Crippen molar-refractivity contribution in [1.82, 2.24) is 10.2 Å². The van der Waals surface area contributed by atoms with Crippen molar-refractivity contribution in [1.29, 1.82) is 0 Å². The van der Waals surface area contributed by atoms with E-state index < -0.39 is 0 Å². The minimum Gasteiger partial charge on any atom is -0.492 e. The summed E-state index contributed by atoms with van der Waals surface area (Å²) in [7, 11) is 0. The van der Waals surface area contributed by atoms with Crippen LogP contribution in [0.3, 0.4) is 0 Å². The summed E-state index contributed by atoms with van der Waals surface area (Å²) in [6, 6.07) is 5.60. The molecular weight excluding hydrogens is 342 g/mol. The van der Waals surface area contributed by atoms with Gasteiger partial charge in [-0.05, 0) is 50.3 Å². The van der Waals surface area contributed by atoms with Crippen LogP contribution in [0.1, 0.15) is 54.4 Å². The van der Waals surface area contributed by atoms with E-state index in [1.165, 1.54) is 12.8 Å². The van der Waals surface area contributed by atoms with Crippen LogP contribution >= 0.6 is 0 Å². The van der Waals surface area contributed by atoms with Crippen LogP contribution in [0.4, 0.5) is 0 Å². The van der Waals surface area contributed by atoms with E-state index in [4.69, 9.17) is 10.5 Å². The first-order valence-electron chi connectivity index (χ1n) is 10.1. The van der Waals surface area contributed by atoms with E-state index in [1.807, 2.05) is 24.0 Å². The second kappa shape index (κ2) is 9.22. The van der Waals surface area contributed by atoms with E-state index in [0.29, 0.717) is 30.4 Å². The lowest BCUT2D eigenvalue weighted by atomic mass is 10.0. The zero-order chi connectivity index (χ0) is 19.2. The first-order chi connectivity index (χ1) is 13.1. The van der Waals surface area contributed by atoms with Gasteiger partial charge in [0.2, 0.25) is 5.91 Å². The van der Waals surface area contributed by atoms with Crippen molar-refractivity contribution in [2.45, 2.75) is 51.5 Å². The molecule has 2 amide bonds. The normalized spacial score (nSPS) is 18.5. The van der Waals surface area contributed by atoms with Crippen molar-refractivity contribution in [2.75, 3.05) is 26.2 Å². The second-order valence-corrected chi connectivity index (χ2v) is 7.67. The summed E-state index contributed by atoms with van der Waals surface area (Å²) in [5.74, 6) is 1.16. The molecule has 1 saturated heterocycles. The molecule has 2 fully saturated rings. The van der Waals surface area contributed by atoms with Crippen molar-refractivity contribution in [3.63, 3.8) is 0 Å². The Labute approximate surface area is 161 Å². The number of piperidine rings is 1. The van der Waals surface area contributed by atoms with Crippen LogP contribution in [-0.2, 0) is 4.79 Å². The topological polar surface area (TPSA) is 84.7 Å². The number of aryl methyl sites for hydroxylation is 1. The second-order valence-electron chi connectivity index (χ2n) is 7.67. The maximum atomic E-state index is 12.6. The molecule has 148 valence electrons. The molecule has 0 radical (unpaired) electrons. The van der Waals surface area contributed by atoms with Gasteiger partial charge in [-0.1, -0.05) is 18.9 Å². The quantitative estimate of drug-likeness (QED) is 0.801. The van der Waals surface area contributed by atoms with E-state index in [1.54, 1.807) is 6.07 Å². The number of carbonyl (C=O) groups excluding carboxylic acids is 2. The van der Waals surface area contributed by atoms with Gasteiger partial charge in [-0.2, -0.15) is 0 Å². The summed E-state index contributed by atoms with van der Waals surface area (Å²) in [4.78, 5) is 27.1. The van der Waals surface area contributed by atoms with Gasteiger partial charge in [0.05, 0.1) is 0 Å². The van der Waals surface area contributed by atoms with Gasteiger partial charge in [-0.25, -0.2) is 0 Å². The first kappa shape index (κ1) is 19.7. The Hall–Kier alpha value is -2.08. The Morgan fingerprint density at radius 2 is 1.89 bits per heavy atom. The highest BCUT2D eigenvalue weighted by Gasteiger charge is 2.30. The molecule has 1 aromatic carbocycles. The number of hydrogen-bond acceptors (Lipinski definition) is 4. The summed E-state index contributed by atoms with van der Waals surface area (Å²) in [6.07, 6.45) is 6.06. The molecule has 3 N–H and O–H groups in total. The number of amides is 2. The average Bonchev–Trinajstić information content (AvgIpc) is 3.22. The molecular formula is C21H31N3O3. The molecule has 0 spiro atoms. The van der Waals surface area contributed by atoms with Crippen LogP contribution in [0.25, 0.3) is 0 Å². The standard InChI is InChI=1S/C21H31N3O3/c1-15-6-7-17(14-19(15)27-13-10-22)20(25)23-18-8-11-24(12-9-18)21(26)16-4-2-3-5-16/h6-7,14,16,18H,2-5,8-13,22H2,1H3,(H,23,25). The number of likely N-dealkylation sites (tertiary alicyclic amines) is 1. The predicted octanol–water partition coefficient (Wildman–Crippen LogP) is 2.24. The van der Waals surface area contributed by atoms with Crippen molar-refractivity contribution >= 4 is 11.8 Å². The number of carbonyl (C=O) groups is 2. The smallest absolute Gasteiger partial charge is 0.251 e. The third-order valence-corrected chi connectivity index (χ3v) is 5.67. The van der Waals surface area contributed by atoms with Crippen LogP contribution in [0, 0.1) is 12.8 Å². The van der Waals surface area contributed by atoms with Crippen LogP contribution in [0.2, 0.25) is 0 Å². The third-order valence-electron chi connectivity index (χ3n) is 5.67. The molecule has 2 aliphatic rings. The van der Waals surface area contributed by atoms with E-state index >= 15 is 0 Å². The molecule has 1 saturated carbocycles. The number of hydrogen-bond donors (Lipinski definition) is 2. The maximum absolute atomic E-state index is 12.6. The number of benzene rings is 1. The molecule has 6 heteroatoms. The molecule has 0 atom stereocenters. The molecule has 27 heavy (non-hydrogen) atoms. The lowest BCUT2D eigenvalue weighted by Gasteiger charge is -2.34. The molecule has 3 rings (SSSR count). The van der Waals surface area contributed by atoms with Crippen molar-refractivity contribution < 1.29 is 14.3 Å². The summed E-state index contributed by atoms with van der Waals surface area (Å²) >= 11 is 0. The highest BCUT2D eigenvalue weighted by atomic mass is 16.5. The van der Waals surface area contributed by atoms with Crippen LogP contribution in [-0.4, -0.2) is 49.0 Å². The fourth-order valence-corrected chi connectivity index (χ4v) is 4.01. The summed E-state index contributed by atoms with van der Waals surface area (Å²) in [5, 5.41) is 3.11. The number of nitrogens with two attached hydrogens (primary N) is 1. The minimum atomic E-state index is -0.0897. The maximum Gasteiger partial charge on any atom is 0.251 e. The van der Waals surface area contributed by atoms with Crippen molar-refractivity contribution in [2.24, 2.45) is 11.7 Å². The Kier molecular flexibility index (Phi) is 6.72. The molecule has 6 nitrogen and oxygen atoms in total. The van der Waals surface area contributed by atoms with E-state index in [0.717, 1.165) is 44.3 Å². The van der Waals surface area contributed by atoms with Crippen molar-refractivity contribution in [3.8, 4) is 5.75 Å². The third kappa shape index (κ3) is 5.01. The highest BCUT2D eigenvalue weighted by Crippen LogP contribution is 2.27. The number of rotatable bonds is 6. The van der Waals surface area contributed by atoms with Crippen LogP contribution < -0.4 is 15.8 Å². The predicted molar refractivity (Wildman–Crippen MR) is 105 cm³/mol. The van der Waals surface area contributed by atoms with Gasteiger partial charge < -0.3 is 20.7 Å². The fraction of sp³-hybridized carbons (Fsp3) is 0.619. The molecule has 1 aliphatic heterocycles. The van der Waals surface area contributed by atoms with Gasteiger partial charge >= 0.3 is 0 Å². The highest BCUT2D eigenvalue weighted by molar-refractivity contribution is 5.95. The molecule has 1 aromatic rings. The zero-order valence-electron chi connectivity index (χ0n) is 16.2. The van der Waals surface area contributed by atoms with Gasteiger partial charge in [-0.15, -0.1) is 0 Å². The lowest BCUT2D eigenvalue weighted by molar-refractivity contribution is -0.136. The number of nitrogens with zero attached hydrogens (tertiary/aromatic N) is 1. The zero-order valence-corrected chi connectivity index (χ0v) is 16.2. The van der Waals surface area contributed by atoms with Gasteiger partial charge in [0.15, 0.2) is 0 Å². The summed E-state index contributed by atoms with van der Waals surface area (Å²) in [5.41, 5.74) is 7.07. The molecule has 0 unspecified atom stereocenters. The Balaban J connectivity index is 1.51. The summed E-state index contributed by atoms with van der Waals surface area (Å²) in [6.45, 7) is 4.29. The molecule has 0 aromatic heterocycles. The number of ether oxygens (including phenoxy) is 1. The van der Waals surface area contributed by atoms with E-state index in [9.17, 15) is 9.59 Å². The first-order valence-corrected chi connectivity index (χ1v) is 10.1.